The van der Waals surface area contributed by atoms with Crippen molar-refractivity contribution in [2.75, 3.05) is 11.9 Å². The molecule has 0 spiro atoms. The summed E-state index contributed by atoms with van der Waals surface area (Å²) in [4.78, 5) is 16.6. The summed E-state index contributed by atoms with van der Waals surface area (Å²) in [5.41, 5.74) is -1.47. The average molecular weight is 407 g/mol. The van der Waals surface area contributed by atoms with Crippen molar-refractivity contribution in [1.82, 2.24) is 5.32 Å². The maximum atomic E-state index is 13.8. The van der Waals surface area contributed by atoms with Crippen LogP contribution in [0.4, 0.5) is 23.2 Å². The fraction of sp³-hybridized carbons (Fsp3) is 0.200. The van der Waals surface area contributed by atoms with Gasteiger partial charge in [0.1, 0.15) is 17.6 Å². The van der Waals surface area contributed by atoms with Gasteiger partial charge in [0, 0.05) is 5.69 Å². The van der Waals surface area contributed by atoms with Gasteiger partial charge in [0.2, 0.25) is 5.96 Å². The van der Waals surface area contributed by atoms with Gasteiger partial charge >= 0.3 is 12.1 Å². The minimum atomic E-state index is -4.90. The maximum absolute atomic E-state index is 13.8. The molecule has 0 aliphatic carbocycles. The van der Waals surface area contributed by atoms with Gasteiger partial charge in [-0.25, -0.2) is 14.2 Å². The number of hydrogen-bond donors (Lipinski definition) is 2. The summed E-state index contributed by atoms with van der Waals surface area (Å²) in [6, 6.07) is 11.9. The molecule has 1 heterocycles. The highest BCUT2D eigenvalue weighted by Gasteiger charge is 2.44. The number of anilines is 1. The van der Waals surface area contributed by atoms with Gasteiger partial charge in [0.25, 0.3) is 0 Å². The summed E-state index contributed by atoms with van der Waals surface area (Å²) in [7, 11) is 0. The summed E-state index contributed by atoms with van der Waals surface area (Å²) < 4.78 is 59.9. The molecule has 1 unspecified atom stereocenters. The first-order valence-electron chi connectivity index (χ1n) is 8.70. The monoisotopic (exact) mass is 407 g/mol. The number of ether oxygens (including phenoxy) is 1. The molecule has 2 aromatic carbocycles. The normalized spacial score (nSPS) is 16.7. The Labute approximate surface area is 164 Å². The van der Waals surface area contributed by atoms with Gasteiger partial charge in [0.05, 0.1) is 12.2 Å². The number of nitrogens with zero attached hydrogens (tertiary/aromatic N) is 1. The predicted octanol–water partition coefficient (Wildman–Crippen LogP) is 4.32. The Morgan fingerprint density at radius 1 is 1.17 bits per heavy atom. The van der Waals surface area contributed by atoms with Crippen LogP contribution in [-0.4, -0.2) is 24.7 Å². The molecule has 5 nitrogen and oxygen atoms in total. The Hall–Kier alpha value is -3.36. The van der Waals surface area contributed by atoms with E-state index in [0.717, 1.165) is 12.1 Å². The van der Waals surface area contributed by atoms with E-state index in [-0.39, 0.29) is 18.1 Å². The number of benzene rings is 2. The zero-order valence-corrected chi connectivity index (χ0v) is 15.3. The van der Waals surface area contributed by atoms with E-state index in [2.05, 4.69) is 15.6 Å². The van der Waals surface area contributed by atoms with Crippen molar-refractivity contribution < 1.29 is 27.1 Å². The van der Waals surface area contributed by atoms with E-state index in [0.29, 0.717) is 5.69 Å². The molecule has 0 saturated carbocycles. The molecule has 9 heteroatoms. The number of carbonyl (C=O) groups is 1. The van der Waals surface area contributed by atoms with Crippen LogP contribution in [-0.2, 0) is 9.53 Å². The van der Waals surface area contributed by atoms with Gasteiger partial charge in [-0.1, -0.05) is 30.3 Å². The second kappa shape index (κ2) is 8.34. The Balaban J connectivity index is 2.12. The first kappa shape index (κ1) is 20.4. The molecule has 1 aliphatic rings. The van der Waals surface area contributed by atoms with Crippen molar-refractivity contribution in [3.8, 4) is 0 Å². The van der Waals surface area contributed by atoms with Crippen molar-refractivity contribution in [2.24, 2.45) is 4.99 Å². The molecule has 29 heavy (non-hydrogen) atoms. The van der Waals surface area contributed by atoms with E-state index < -0.39 is 35.3 Å². The van der Waals surface area contributed by atoms with Crippen molar-refractivity contribution in [3.63, 3.8) is 0 Å². The standard InChI is InChI=1S/C20H17F4N3O2/c1-2-29-18(28)15-16(12-7-6-8-13(21)11-12)26-19(27-17(15)20(22,23)24)25-14-9-4-3-5-10-14/h3-11,16H,2H2,1H3,(H2,25,26,27). The third-order valence-corrected chi connectivity index (χ3v) is 4.02. The van der Waals surface area contributed by atoms with Crippen LogP contribution < -0.4 is 10.6 Å². The lowest BCUT2D eigenvalue weighted by atomic mass is 9.95. The van der Waals surface area contributed by atoms with Crippen molar-refractivity contribution in [3.05, 3.63) is 77.2 Å². The van der Waals surface area contributed by atoms with Crippen molar-refractivity contribution >= 4 is 17.6 Å². The quantitative estimate of drug-likeness (QED) is 0.586. The van der Waals surface area contributed by atoms with Gasteiger partial charge in [-0.2, -0.15) is 13.2 Å². The smallest absolute Gasteiger partial charge is 0.431 e. The summed E-state index contributed by atoms with van der Waals surface area (Å²) in [5.74, 6) is -2.07. The van der Waals surface area contributed by atoms with Crippen LogP contribution in [0.2, 0.25) is 0 Å². The molecular formula is C20H17F4N3O2. The van der Waals surface area contributed by atoms with Crippen LogP contribution in [0.15, 0.2) is 70.9 Å². The number of rotatable bonds is 4. The molecule has 2 aromatic rings. The Morgan fingerprint density at radius 2 is 1.90 bits per heavy atom. The minimum Gasteiger partial charge on any atom is -0.463 e. The van der Waals surface area contributed by atoms with E-state index in [1.807, 2.05) is 0 Å². The number of para-hydroxylation sites is 1. The molecule has 2 N–H and O–H groups in total. The number of esters is 1. The van der Waals surface area contributed by atoms with Gasteiger partial charge in [-0.15, -0.1) is 0 Å². The highest BCUT2D eigenvalue weighted by atomic mass is 19.4. The fourth-order valence-electron chi connectivity index (χ4n) is 2.83. The van der Waals surface area contributed by atoms with Crippen LogP contribution in [0, 0.1) is 5.82 Å². The maximum Gasteiger partial charge on any atom is 0.431 e. The number of alkyl halides is 3. The van der Waals surface area contributed by atoms with Gasteiger partial charge in [-0.3, -0.25) is 0 Å². The molecule has 0 fully saturated rings. The van der Waals surface area contributed by atoms with Gasteiger partial charge in [0.15, 0.2) is 0 Å². The molecular weight excluding hydrogens is 390 g/mol. The number of carbonyl (C=O) groups excluding carboxylic acids is 1. The number of aliphatic imine (C=N–C) groups is 1. The van der Waals surface area contributed by atoms with E-state index in [4.69, 9.17) is 4.74 Å². The number of guanidine groups is 1. The third kappa shape index (κ3) is 4.74. The van der Waals surface area contributed by atoms with Gasteiger partial charge in [-0.05, 0) is 36.8 Å². The second-order valence-electron chi connectivity index (χ2n) is 6.06. The Morgan fingerprint density at radius 3 is 2.52 bits per heavy atom. The third-order valence-electron chi connectivity index (χ3n) is 4.02. The average Bonchev–Trinajstić information content (AvgIpc) is 2.67. The van der Waals surface area contributed by atoms with Crippen LogP contribution in [0.3, 0.4) is 0 Å². The van der Waals surface area contributed by atoms with Crippen LogP contribution in [0.25, 0.3) is 0 Å². The first-order valence-corrected chi connectivity index (χ1v) is 8.70. The molecule has 0 aromatic heterocycles. The number of nitrogens with one attached hydrogen (secondary N) is 2. The van der Waals surface area contributed by atoms with E-state index >= 15 is 0 Å². The van der Waals surface area contributed by atoms with Crippen molar-refractivity contribution in [2.45, 2.75) is 19.1 Å². The van der Waals surface area contributed by atoms with E-state index in [9.17, 15) is 22.4 Å². The second-order valence-corrected chi connectivity index (χ2v) is 6.06. The van der Waals surface area contributed by atoms with E-state index in [1.165, 1.54) is 19.1 Å². The summed E-state index contributed by atoms with van der Waals surface area (Å²) in [5, 5.41) is 4.89. The molecule has 152 valence electrons. The number of halogens is 4. The zero-order valence-electron chi connectivity index (χ0n) is 15.3. The highest BCUT2D eigenvalue weighted by Crippen LogP contribution is 2.38. The predicted molar refractivity (Wildman–Crippen MR) is 99.5 cm³/mol. The summed E-state index contributed by atoms with van der Waals surface area (Å²) >= 11 is 0. The van der Waals surface area contributed by atoms with Gasteiger partial charge < -0.3 is 15.4 Å². The first-order chi connectivity index (χ1) is 13.8. The lowest BCUT2D eigenvalue weighted by Gasteiger charge is -2.28. The Bertz CT molecular complexity index is 956. The fourth-order valence-corrected chi connectivity index (χ4v) is 2.83. The summed E-state index contributed by atoms with van der Waals surface area (Å²) in [6.07, 6.45) is -4.90. The van der Waals surface area contributed by atoms with Crippen LogP contribution in [0.5, 0.6) is 0 Å². The van der Waals surface area contributed by atoms with Crippen LogP contribution >= 0.6 is 0 Å². The number of hydrogen-bond acceptors (Lipinski definition) is 5. The molecule has 0 saturated heterocycles. The Kier molecular flexibility index (Phi) is 5.86. The molecule has 0 radical (unpaired) electrons. The topological polar surface area (TPSA) is 62.7 Å². The minimum absolute atomic E-state index is 0.0867. The SMILES string of the molecule is CCOC(=O)C1=C(C(F)(F)F)NC(Nc2ccccc2)=NC1c1cccc(F)c1. The zero-order chi connectivity index (χ0) is 21.0. The van der Waals surface area contributed by atoms with Crippen molar-refractivity contribution in [1.29, 1.82) is 0 Å². The lowest BCUT2D eigenvalue weighted by molar-refractivity contribution is -0.140. The number of allylic oxidation sites excluding steroid dienone is 1. The lowest BCUT2D eigenvalue weighted by Crippen LogP contribution is -2.42. The molecule has 0 bridgehead atoms. The largest absolute Gasteiger partial charge is 0.463 e. The molecule has 1 atom stereocenters. The molecule has 3 rings (SSSR count). The molecule has 0 amide bonds. The van der Waals surface area contributed by atoms with E-state index in [1.54, 1.807) is 30.3 Å². The molecule has 1 aliphatic heterocycles. The summed E-state index contributed by atoms with van der Waals surface area (Å²) in [6.45, 7) is 1.35. The van der Waals surface area contributed by atoms with Crippen LogP contribution in [0.1, 0.15) is 18.5 Å². The highest BCUT2D eigenvalue weighted by molar-refractivity contribution is 6.00.